The predicted molar refractivity (Wildman–Crippen MR) is 62.6 cm³/mol. The first-order valence-electron chi connectivity index (χ1n) is 5.20. The molecule has 17 heavy (non-hydrogen) atoms. The van der Waals surface area contributed by atoms with Crippen molar-refractivity contribution < 1.29 is 19.2 Å². The van der Waals surface area contributed by atoms with Crippen LogP contribution in [0.5, 0.6) is 0 Å². The molecule has 1 aromatic rings. The number of aliphatic hydroxyl groups is 1. The molecular weight excluding hydrogens is 241 g/mol. The van der Waals surface area contributed by atoms with Gasteiger partial charge in [0.25, 0.3) is 8.61 Å². The Balaban J connectivity index is 2.40. The maximum Gasteiger partial charge on any atom is 0.420 e. The molecule has 0 aliphatic carbocycles. The maximum atomic E-state index is 11.5. The molecule has 0 unspecified atom stereocenters. The summed E-state index contributed by atoms with van der Waals surface area (Å²) in [4.78, 5) is 11.5. The summed E-state index contributed by atoms with van der Waals surface area (Å²) in [6.07, 6.45) is -0.283. The largest absolute Gasteiger partial charge is 0.444 e. The molecule has 0 heterocycles. The number of benzene rings is 1. The van der Waals surface area contributed by atoms with Gasteiger partial charge in [0.1, 0.15) is 6.61 Å². The van der Waals surface area contributed by atoms with Gasteiger partial charge < -0.3 is 9.84 Å². The van der Waals surface area contributed by atoms with Crippen molar-refractivity contribution in [1.29, 1.82) is 0 Å². The van der Waals surface area contributed by atoms with Crippen molar-refractivity contribution in [1.82, 2.24) is 4.67 Å². The molecule has 0 radical (unpaired) electrons. The van der Waals surface area contributed by atoms with Crippen LogP contribution in [0.15, 0.2) is 30.3 Å². The smallest absolute Gasteiger partial charge is 0.420 e. The summed E-state index contributed by atoms with van der Waals surface area (Å²) >= 11 is 0. The Morgan fingerprint density at radius 1 is 1.35 bits per heavy atom. The van der Waals surface area contributed by atoms with Crippen LogP contribution in [0, 0.1) is 0 Å². The quantitative estimate of drug-likeness (QED) is 0.791. The van der Waals surface area contributed by atoms with Crippen LogP contribution in [0.3, 0.4) is 0 Å². The third-order valence-electron chi connectivity index (χ3n) is 2.04. The molecular formula is C11H14NO4P. The number of hydrogen-bond acceptors (Lipinski definition) is 4. The second-order valence-electron chi connectivity index (χ2n) is 3.32. The first-order valence-corrected chi connectivity index (χ1v) is 5.96. The number of nitrogens with zero attached hydrogens (tertiary/aromatic N) is 1. The van der Waals surface area contributed by atoms with E-state index in [4.69, 9.17) is 9.84 Å². The molecule has 92 valence electrons. The molecule has 0 aliphatic heterocycles. The topological polar surface area (TPSA) is 66.8 Å². The summed E-state index contributed by atoms with van der Waals surface area (Å²) in [5.74, 6) is 0. The van der Waals surface area contributed by atoms with Crippen molar-refractivity contribution in [3.05, 3.63) is 35.9 Å². The van der Waals surface area contributed by atoms with Crippen LogP contribution in [0.2, 0.25) is 0 Å². The van der Waals surface area contributed by atoms with Gasteiger partial charge in [0.2, 0.25) is 0 Å². The molecule has 0 saturated carbocycles. The van der Waals surface area contributed by atoms with E-state index in [0.29, 0.717) is 6.42 Å². The van der Waals surface area contributed by atoms with Crippen molar-refractivity contribution in [2.45, 2.75) is 13.0 Å². The summed E-state index contributed by atoms with van der Waals surface area (Å²) in [5, 5.41) is 8.62. The molecule has 1 amide bonds. The number of ether oxygens (including phenoxy) is 1. The van der Waals surface area contributed by atoms with Gasteiger partial charge in [-0.1, -0.05) is 30.3 Å². The van der Waals surface area contributed by atoms with Crippen LogP contribution in [-0.2, 0) is 15.9 Å². The van der Waals surface area contributed by atoms with Crippen LogP contribution in [0.4, 0.5) is 4.79 Å². The predicted octanol–water partition coefficient (Wildman–Crippen LogP) is 2.21. The number of amides is 1. The normalized spacial score (nSPS) is 10.2. The van der Waals surface area contributed by atoms with E-state index >= 15 is 0 Å². The summed E-state index contributed by atoms with van der Waals surface area (Å²) in [5.41, 5.74) is 0.866. The van der Waals surface area contributed by atoms with Crippen molar-refractivity contribution in [3.8, 4) is 0 Å². The molecule has 1 aromatic carbocycles. The number of carbonyl (C=O) groups excluding carboxylic acids is 1. The van der Waals surface area contributed by atoms with Crippen LogP contribution in [0.25, 0.3) is 0 Å². The van der Waals surface area contributed by atoms with Crippen molar-refractivity contribution in [3.63, 3.8) is 0 Å². The van der Waals surface area contributed by atoms with Gasteiger partial charge in [-0.25, -0.2) is 14.0 Å². The number of aliphatic hydroxyl groups excluding tert-OH is 1. The van der Waals surface area contributed by atoms with E-state index in [9.17, 15) is 9.36 Å². The van der Waals surface area contributed by atoms with Gasteiger partial charge in [-0.15, -0.1) is 0 Å². The Morgan fingerprint density at radius 2 is 2.06 bits per heavy atom. The summed E-state index contributed by atoms with van der Waals surface area (Å²) in [6, 6.07) is 9.23. The third kappa shape index (κ3) is 4.93. The Hall–Kier alpha value is -1.45. The van der Waals surface area contributed by atoms with Crippen LogP contribution >= 0.6 is 8.61 Å². The molecule has 0 aliphatic rings. The van der Waals surface area contributed by atoms with Gasteiger partial charge in [-0.05, 0) is 12.0 Å². The molecule has 1 rings (SSSR count). The summed E-state index contributed by atoms with van der Waals surface area (Å²) in [7, 11) is -0.422. The fraction of sp³-hybridized carbons (Fsp3) is 0.364. The highest BCUT2D eigenvalue weighted by Crippen LogP contribution is 2.10. The number of carbonyl (C=O) groups is 1. The van der Waals surface area contributed by atoms with Crippen molar-refractivity contribution >= 4 is 14.7 Å². The first-order chi connectivity index (χ1) is 8.27. The zero-order valence-corrected chi connectivity index (χ0v) is 10.2. The molecule has 0 saturated heterocycles. The lowest BCUT2D eigenvalue weighted by molar-refractivity contribution is 0.118. The van der Waals surface area contributed by atoms with E-state index in [-0.39, 0.29) is 19.8 Å². The van der Waals surface area contributed by atoms with Gasteiger partial charge in [-0.3, -0.25) is 0 Å². The van der Waals surface area contributed by atoms with Gasteiger partial charge in [0, 0.05) is 13.2 Å². The first kappa shape index (κ1) is 13.6. The van der Waals surface area contributed by atoms with E-state index in [1.54, 1.807) is 0 Å². The van der Waals surface area contributed by atoms with Gasteiger partial charge in [-0.2, -0.15) is 0 Å². The second kappa shape index (κ2) is 7.76. The van der Waals surface area contributed by atoms with Crippen LogP contribution in [0.1, 0.15) is 12.0 Å². The average molecular weight is 255 g/mol. The molecule has 0 spiro atoms. The summed E-state index contributed by atoms with van der Waals surface area (Å²) < 4.78 is 16.7. The molecule has 0 aromatic heterocycles. The van der Waals surface area contributed by atoms with Crippen LogP contribution < -0.4 is 0 Å². The minimum absolute atomic E-state index is 0.0576. The fourth-order valence-corrected chi connectivity index (χ4v) is 1.53. The minimum Gasteiger partial charge on any atom is -0.444 e. The maximum absolute atomic E-state index is 11.5. The van der Waals surface area contributed by atoms with Gasteiger partial charge in [0.05, 0.1) is 0 Å². The van der Waals surface area contributed by atoms with Crippen molar-refractivity contribution in [2.24, 2.45) is 0 Å². The average Bonchev–Trinajstić information content (AvgIpc) is 2.38. The lowest BCUT2D eigenvalue weighted by atomic mass is 10.2. The Kier molecular flexibility index (Phi) is 6.22. The molecule has 5 nitrogen and oxygen atoms in total. The van der Waals surface area contributed by atoms with Gasteiger partial charge >= 0.3 is 6.09 Å². The SMILES string of the molecule is O=PN(CCCO)C(=O)OCc1ccccc1. The Morgan fingerprint density at radius 3 is 2.65 bits per heavy atom. The highest BCUT2D eigenvalue weighted by molar-refractivity contribution is 7.21. The Bertz CT molecular complexity index is 358. The zero-order valence-electron chi connectivity index (χ0n) is 9.28. The highest BCUT2D eigenvalue weighted by atomic mass is 31.1. The molecule has 1 N–H and O–H groups in total. The lowest BCUT2D eigenvalue weighted by Gasteiger charge is -2.13. The van der Waals surface area contributed by atoms with Gasteiger partial charge in [0.15, 0.2) is 0 Å². The lowest BCUT2D eigenvalue weighted by Crippen LogP contribution is -2.24. The van der Waals surface area contributed by atoms with E-state index in [2.05, 4.69) is 0 Å². The fourth-order valence-electron chi connectivity index (χ4n) is 1.18. The number of hydrogen-bond donors (Lipinski definition) is 1. The van der Waals surface area contributed by atoms with E-state index in [0.717, 1.165) is 10.2 Å². The molecule has 0 atom stereocenters. The monoisotopic (exact) mass is 255 g/mol. The second-order valence-corrected chi connectivity index (χ2v) is 3.97. The van der Waals surface area contributed by atoms with Crippen LogP contribution in [-0.4, -0.2) is 29.0 Å². The third-order valence-corrected chi connectivity index (χ3v) is 2.60. The highest BCUT2D eigenvalue weighted by Gasteiger charge is 2.14. The van der Waals surface area contributed by atoms with E-state index in [1.807, 2.05) is 30.3 Å². The molecule has 0 fully saturated rings. The van der Waals surface area contributed by atoms with Crippen molar-refractivity contribution in [2.75, 3.05) is 13.2 Å². The molecule has 6 heteroatoms. The Labute approximate surface area is 101 Å². The summed E-state index contributed by atoms with van der Waals surface area (Å²) in [6.45, 7) is 0.290. The van der Waals surface area contributed by atoms with E-state index < -0.39 is 14.7 Å². The standard InChI is InChI=1S/C11H14NO4P/c13-8-4-7-12(17-15)11(14)16-9-10-5-2-1-3-6-10/h1-3,5-6,13H,4,7-9H2. The number of rotatable bonds is 6. The molecule has 0 bridgehead atoms. The van der Waals surface area contributed by atoms with E-state index in [1.165, 1.54) is 0 Å². The zero-order chi connectivity index (χ0) is 12.5. The minimum atomic E-state index is -0.654.